The number of carbonyl (C=O) groups excluding carboxylic acids is 2. The van der Waals surface area contributed by atoms with Crippen molar-refractivity contribution in [1.29, 1.82) is 0 Å². The number of amides is 2. The third-order valence-electron chi connectivity index (χ3n) is 6.15. The summed E-state index contributed by atoms with van der Waals surface area (Å²) in [7, 11) is 0. The van der Waals surface area contributed by atoms with E-state index in [1.807, 2.05) is 93.6 Å². The van der Waals surface area contributed by atoms with E-state index in [-0.39, 0.29) is 11.8 Å². The van der Waals surface area contributed by atoms with Gasteiger partial charge in [0.15, 0.2) is 11.2 Å². The highest BCUT2D eigenvalue weighted by Crippen LogP contribution is 2.38. The lowest BCUT2D eigenvalue weighted by atomic mass is 10.1. The Morgan fingerprint density at radius 2 is 1.80 bits per heavy atom. The third kappa shape index (κ3) is 4.39. The number of anilines is 1. The van der Waals surface area contributed by atoms with Crippen molar-refractivity contribution in [3.8, 4) is 0 Å². The van der Waals surface area contributed by atoms with Crippen LogP contribution >= 0.6 is 11.8 Å². The molecule has 0 saturated carbocycles. The van der Waals surface area contributed by atoms with E-state index in [0.717, 1.165) is 33.6 Å². The van der Waals surface area contributed by atoms with Crippen LogP contribution in [0.4, 0.5) is 11.4 Å². The minimum Gasteiger partial charge on any atom is -0.325 e. The predicted molar refractivity (Wildman–Crippen MR) is 142 cm³/mol. The zero-order valence-corrected chi connectivity index (χ0v) is 20.7. The fraction of sp³-hybridized carbons (Fsp3) is 0.214. The van der Waals surface area contributed by atoms with Gasteiger partial charge in [-0.1, -0.05) is 73.3 Å². The number of thioether (sulfide) groups is 1. The van der Waals surface area contributed by atoms with Crippen LogP contribution in [0.1, 0.15) is 41.6 Å². The van der Waals surface area contributed by atoms with Crippen LogP contribution in [0.15, 0.2) is 82.8 Å². The number of hydrogen-bond donors (Lipinski definition) is 1. The molecule has 0 aliphatic carbocycles. The van der Waals surface area contributed by atoms with Crippen LogP contribution in [-0.2, 0) is 9.59 Å². The van der Waals surface area contributed by atoms with Crippen molar-refractivity contribution in [2.75, 3.05) is 5.32 Å². The summed E-state index contributed by atoms with van der Waals surface area (Å²) in [6.07, 6.45) is 0.582. The molecule has 1 N–H and O–H groups in total. The van der Waals surface area contributed by atoms with Crippen molar-refractivity contribution < 1.29 is 9.59 Å². The Kier molecular flexibility index (Phi) is 6.26. The summed E-state index contributed by atoms with van der Waals surface area (Å²) >= 11 is 1.31. The second-order valence-electron chi connectivity index (χ2n) is 8.67. The first-order valence-corrected chi connectivity index (χ1v) is 12.5. The van der Waals surface area contributed by atoms with Gasteiger partial charge in [0.05, 0.1) is 10.9 Å². The van der Waals surface area contributed by atoms with E-state index >= 15 is 0 Å². The number of amidine groups is 2. The smallest absolute Gasteiger partial charge is 0.263 e. The monoisotopic (exact) mass is 482 g/mol. The predicted octanol–water partition coefficient (Wildman–Crippen LogP) is 5.79. The molecule has 0 spiro atoms. The summed E-state index contributed by atoms with van der Waals surface area (Å²) in [4.78, 5) is 38.1. The molecule has 0 saturated heterocycles. The second-order valence-corrected chi connectivity index (χ2v) is 9.84. The van der Waals surface area contributed by atoms with Gasteiger partial charge in [0.1, 0.15) is 5.84 Å². The molecule has 0 bridgehead atoms. The van der Waals surface area contributed by atoms with E-state index in [4.69, 9.17) is 9.98 Å². The van der Waals surface area contributed by atoms with Crippen LogP contribution in [0.3, 0.4) is 0 Å². The van der Waals surface area contributed by atoms with E-state index in [1.54, 1.807) is 4.90 Å². The standard InChI is InChI=1S/C28H26N4O2S/c1-4-23(26(33)29-22-16-17(2)14-15-18(22)3)35-28-30-21-13-9-8-12-20(21)25-31-24(27(34)32(25)28)19-10-6-5-7-11-19/h5-16,23-24H,4H2,1-3H3,(H,29,33). The number of nitrogens with zero attached hydrogens (tertiary/aromatic N) is 3. The molecule has 6 nitrogen and oxygen atoms in total. The Labute approximate surface area is 209 Å². The SMILES string of the molecule is CCC(SC1=Nc2ccccc2C2=NC(c3ccccc3)C(=O)N12)C(=O)Nc1cc(C)ccc1C. The molecule has 35 heavy (non-hydrogen) atoms. The van der Waals surface area contributed by atoms with Gasteiger partial charge in [-0.25, -0.2) is 14.9 Å². The first kappa shape index (κ1) is 23.1. The molecule has 7 heteroatoms. The van der Waals surface area contributed by atoms with Crippen molar-refractivity contribution in [3.63, 3.8) is 0 Å². The van der Waals surface area contributed by atoms with Crippen LogP contribution < -0.4 is 5.32 Å². The first-order chi connectivity index (χ1) is 17.0. The Morgan fingerprint density at radius 3 is 2.57 bits per heavy atom. The van der Waals surface area contributed by atoms with Crippen molar-refractivity contribution in [3.05, 3.63) is 95.1 Å². The molecule has 2 amide bonds. The summed E-state index contributed by atoms with van der Waals surface area (Å²) in [5.41, 5.74) is 5.28. The molecule has 3 aromatic carbocycles. The van der Waals surface area contributed by atoms with E-state index in [1.165, 1.54) is 11.8 Å². The fourth-order valence-electron chi connectivity index (χ4n) is 4.21. The number of carbonyl (C=O) groups is 2. The molecule has 0 aromatic heterocycles. The first-order valence-electron chi connectivity index (χ1n) is 11.7. The Hall–Kier alpha value is -3.71. The highest BCUT2D eigenvalue weighted by molar-refractivity contribution is 8.15. The number of aliphatic imine (C=N–C) groups is 2. The van der Waals surface area contributed by atoms with Crippen molar-refractivity contribution >= 4 is 46.0 Å². The summed E-state index contributed by atoms with van der Waals surface area (Å²) in [5.74, 6) is 0.316. The topological polar surface area (TPSA) is 74.1 Å². The summed E-state index contributed by atoms with van der Waals surface area (Å²) in [6.45, 7) is 5.93. The van der Waals surface area contributed by atoms with Gasteiger partial charge in [-0.05, 0) is 55.2 Å². The number of rotatable bonds is 5. The van der Waals surface area contributed by atoms with Crippen LogP contribution in [0.25, 0.3) is 0 Å². The molecule has 0 fully saturated rings. The second kappa shape index (κ2) is 9.50. The molecule has 2 atom stereocenters. The lowest BCUT2D eigenvalue weighted by molar-refractivity contribution is -0.124. The quantitative estimate of drug-likeness (QED) is 0.501. The average molecular weight is 483 g/mol. The highest BCUT2D eigenvalue weighted by atomic mass is 32.2. The highest BCUT2D eigenvalue weighted by Gasteiger charge is 2.43. The van der Waals surface area contributed by atoms with Crippen LogP contribution in [0, 0.1) is 13.8 Å². The van der Waals surface area contributed by atoms with Gasteiger partial charge < -0.3 is 5.32 Å². The van der Waals surface area contributed by atoms with E-state index in [0.29, 0.717) is 17.4 Å². The molecule has 2 aliphatic heterocycles. The maximum absolute atomic E-state index is 13.6. The van der Waals surface area contributed by atoms with Gasteiger partial charge in [-0.3, -0.25) is 9.59 Å². The van der Waals surface area contributed by atoms with Crippen molar-refractivity contribution in [1.82, 2.24) is 4.90 Å². The molecule has 5 rings (SSSR count). The number of aryl methyl sites for hydroxylation is 2. The van der Waals surface area contributed by atoms with Crippen LogP contribution in [-0.4, -0.2) is 33.0 Å². The summed E-state index contributed by atoms with van der Waals surface area (Å²) in [5, 5.41) is 3.12. The van der Waals surface area contributed by atoms with Crippen molar-refractivity contribution in [2.24, 2.45) is 9.98 Å². The molecule has 176 valence electrons. The van der Waals surface area contributed by atoms with E-state index in [9.17, 15) is 9.59 Å². The van der Waals surface area contributed by atoms with Gasteiger partial charge in [0, 0.05) is 11.3 Å². The van der Waals surface area contributed by atoms with Crippen LogP contribution in [0.2, 0.25) is 0 Å². The summed E-state index contributed by atoms with van der Waals surface area (Å²) in [6, 6.07) is 22.6. The molecule has 2 heterocycles. The third-order valence-corrected chi connectivity index (χ3v) is 7.46. The summed E-state index contributed by atoms with van der Waals surface area (Å²) < 4.78 is 0. The number of benzene rings is 3. The number of fused-ring (bicyclic) bond motifs is 3. The zero-order chi connectivity index (χ0) is 24.5. The van der Waals surface area contributed by atoms with Gasteiger partial charge in [0.25, 0.3) is 5.91 Å². The number of para-hydroxylation sites is 1. The maximum Gasteiger partial charge on any atom is 0.263 e. The zero-order valence-electron chi connectivity index (χ0n) is 19.9. The van der Waals surface area contributed by atoms with Gasteiger partial charge in [-0.15, -0.1) is 0 Å². The molecular weight excluding hydrogens is 456 g/mol. The fourth-order valence-corrected chi connectivity index (χ4v) is 5.23. The van der Waals surface area contributed by atoms with Crippen LogP contribution in [0.5, 0.6) is 0 Å². The van der Waals surface area contributed by atoms with Gasteiger partial charge in [0.2, 0.25) is 5.91 Å². The average Bonchev–Trinajstić information content (AvgIpc) is 3.23. The molecule has 0 radical (unpaired) electrons. The molecule has 3 aromatic rings. The number of hydrogen-bond acceptors (Lipinski definition) is 5. The Bertz CT molecular complexity index is 1370. The maximum atomic E-state index is 13.6. The lowest BCUT2D eigenvalue weighted by Crippen LogP contribution is -2.41. The van der Waals surface area contributed by atoms with Crippen molar-refractivity contribution in [2.45, 2.75) is 38.5 Å². The minimum absolute atomic E-state index is 0.113. The van der Waals surface area contributed by atoms with E-state index in [2.05, 4.69) is 5.32 Å². The minimum atomic E-state index is -0.632. The van der Waals surface area contributed by atoms with E-state index < -0.39 is 11.3 Å². The Morgan fingerprint density at radius 1 is 1.06 bits per heavy atom. The normalized spacial score (nSPS) is 17.3. The molecule has 2 aliphatic rings. The van der Waals surface area contributed by atoms with Gasteiger partial charge in [-0.2, -0.15) is 0 Å². The molecular formula is C28H26N4O2S. The van der Waals surface area contributed by atoms with Gasteiger partial charge >= 0.3 is 0 Å². The molecule has 2 unspecified atom stereocenters. The Balaban J connectivity index is 1.46. The number of nitrogens with one attached hydrogen (secondary N) is 1. The lowest BCUT2D eigenvalue weighted by Gasteiger charge is -2.27. The largest absolute Gasteiger partial charge is 0.325 e.